The molecular weight excluding hydrogens is 430 g/mol. The summed E-state index contributed by atoms with van der Waals surface area (Å²) in [5.74, 6) is -1.06. The van der Waals surface area contributed by atoms with E-state index in [1.807, 2.05) is 0 Å². The van der Waals surface area contributed by atoms with Crippen LogP contribution in [-0.2, 0) is 6.18 Å². The van der Waals surface area contributed by atoms with Crippen LogP contribution in [0.1, 0.15) is 22.5 Å². The highest BCUT2D eigenvalue weighted by Gasteiger charge is 2.46. The fraction of sp³-hybridized carbons (Fsp3) is 0.350. The Balaban J connectivity index is 1.39. The summed E-state index contributed by atoms with van der Waals surface area (Å²) in [4.78, 5) is 25.2. The first-order valence-electron chi connectivity index (χ1n) is 9.94. The lowest BCUT2D eigenvalue weighted by atomic mass is 9.81. The third kappa shape index (κ3) is 3.45. The maximum Gasteiger partial charge on any atom is 0.433 e. The van der Waals surface area contributed by atoms with Crippen LogP contribution in [-0.4, -0.2) is 61.4 Å². The van der Waals surface area contributed by atoms with E-state index in [0.29, 0.717) is 19.5 Å². The Morgan fingerprint density at radius 2 is 1.84 bits per heavy atom. The average molecular weight is 447 g/mol. The third-order valence-corrected chi connectivity index (χ3v) is 5.87. The van der Waals surface area contributed by atoms with Crippen LogP contribution in [0.25, 0.3) is 5.69 Å². The lowest BCUT2D eigenvalue weighted by molar-refractivity contribution is -0.141. The van der Waals surface area contributed by atoms with Gasteiger partial charge in [-0.25, -0.2) is 14.4 Å². The topological polar surface area (TPSA) is 80.0 Å². The highest BCUT2D eigenvalue weighted by atomic mass is 19.4. The number of halogens is 4. The zero-order chi connectivity index (χ0) is 22.5. The number of hydrogen-bond acceptors (Lipinski definition) is 6. The molecule has 0 bridgehead atoms. The second-order valence-electron chi connectivity index (χ2n) is 7.71. The number of fused-ring (bicyclic) bond motifs is 1. The Bertz CT molecular complexity index is 1150. The van der Waals surface area contributed by atoms with Crippen molar-refractivity contribution in [2.75, 3.05) is 24.5 Å². The number of piperidine rings is 1. The highest BCUT2D eigenvalue weighted by Crippen LogP contribution is 2.36. The molecule has 0 spiro atoms. The number of carbonyl (C=O) groups excluding carboxylic acids is 1. The molecule has 32 heavy (non-hydrogen) atoms. The van der Waals surface area contributed by atoms with Gasteiger partial charge in [-0.1, -0.05) is 6.07 Å². The SMILES string of the molecule is O=C(c1c(F)cccc1-n1nccn1)N1C[C@@H]2CCN(c3nccc(C(F)(F)F)n3)C[C@@H]21. The maximum absolute atomic E-state index is 14.7. The molecule has 0 aliphatic carbocycles. The molecule has 1 aromatic carbocycles. The van der Waals surface area contributed by atoms with Crippen molar-refractivity contribution in [3.63, 3.8) is 0 Å². The van der Waals surface area contributed by atoms with Crippen LogP contribution >= 0.6 is 0 Å². The van der Waals surface area contributed by atoms with E-state index in [2.05, 4.69) is 20.2 Å². The minimum Gasteiger partial charge on any atom is -0.339 e. The van der Waals surface area contributed by atoms with E-state index in [4.69, 9.17) is 0 Å². The van der Waals surface area contributed by atoms with Crippen LogP contribution < -0.4 is 4.90 Å². The van der Waals surface area contributed by atoms with Crippen LogP contribution in [0.3, 0.4) is 0 Å². The van der Waals surface area contributed by atoms with Crippen molar-refractivity contribution in [3.8, 4) is 5.69 Å². The Kier molecular flexibility index (Phi) is 4.79. The summed E-state index contributed by atoms with van der Waals surface area (Å²) in [7, 11) is 0. The van der Waals surface area contributed by atoms with Crippen molar-refractivity contribution < 1.29 is 22.4 Å². The van der Waals surface area contributed by atoms with E-state index in [1.54, 1.807) is 11.0 Å². The molecule has 2 fully saturated rings. The minimum absolute atomic E-state index is 0.0371. The summed E-state index contributed by atoms with van der Waals surface area (Å²) < 4.78 is 53.8. The van der Waals surface area contributed by atoms with Gasteiger partial charge in [0.2, 0.25) is 5.95 Å². The molecule has 0 unspecified atom stereocenters. The first-order valence-corrected chi connectivity index (χ1v) is 9.94. The summed E-state index contributed by atoms with van der Waals surface area (Å²) in [6.45, 7) is 1.19. The quantitative estimate of drug-likeness (QED) is 0.575. The monoisotopic (exact) mass is 447 g/mol. The van der Waals surface area contributed by atoms with Gasteiger partial charge < -0.3 is 9.80 Å². The second kappa shape index (κ2) is 7.53. The number of likely N-dealkylation sites (tertiary alicyclic amines) is 1. The molecule has 2 atom stereocenters. The number of nitrogens with zero attached hydrogens (tertiary/aromatic N) is 7. The molecule has 12 heteroatoms. The summed E-state index contributed by atoms with van der Waals surface area (Å²) in [6, 6.07) is 4.75. The third-order valence-electron chi connectivity index (χ3n) is 5.87. The van der Waals surface area contributed by atoms with Gasteiger partial charge in [0, 0.05) is 31.7 Å². The van der Waals surface area contributed by atoms with Gasteiger partial charge in [-0.3, -0.25) is 4.79 Å². The molecule has 2 saturated heterocycles. The van der Waals surface area contributed by atoms with E-state index in [1.165, 1.54) is 34.2 Å². The molecule has 2 aliphatic heterocycles. The predicted molar refractivity (Wildman–Crippen MR) is 103 cm³/mol. The van der Waals surface area contributed by atoms with Gasteiger partial charge in [-0.05, 0) is 24.6 Å². The highest BCUT2D eigenvalue weighted by molar-refractivity contribution is 5.98. The van der Waals surface area contributed by atoms with Crippen LogP contribution in [0.5, 0.6) is 0 Å². The number of aromatic nitrogens is 5. The molecule has 1 amide bonds. The number of carbonyl (C=O) groups is 1. The van der Waals surface area contributed by atoms with E-state index in [9.17, 15) is 22.4 Å². The van der Waals surface area contributed by atoms with Crippen LogP contribution in [0.15, 0.2) is 42.9 Å². The summed E-state index contributed by atoms with van der Waals surface area (Å²) >= 11 is 0. The first-order chi connectivity index (χ1) is 15.3. The van der Waals surface area contributed by atoms with E-state index < -0.39 is 23.6 Å². The van der Waals surface area contributed by atoms with Gasteiger partial charge in [0.05, 0.1) is 18.4 Å². The summed E-state index contributed by atoms with van der Waals surface area (Å²) in [6.07, 6.45) is 0.0125. The van der Waals surface area contributed by atoms with Crippen LogP contribution in [0.4, 0.5) is 23.5 Å². The molecule has 3 aromatic rings. The van der Waals surface area contributed by atoms with Gasteiger partial charge in [0.15, 0.2) is 0 Å². The average Bonchev–Trinajstić information content (AvgIpc) is 3.28. The lowest BCUT2D eigenvalue weighted by Gasteiger charge is -2.53. The van der Waals surface area contributed by atoms with Crippen LogP contribution in [0, 0.1) is 11.7 Å². The number of anilines is 1. The molecular formula is C20H17F4N7O. The number of alkyl halides is 3. The lowest BCUT2D eigenvalue weighted by Crippen LogP contribution is -2.66. The summed E-state index contributed by atoms with van der Waals surface area (Å²) in [5, 5.41) is 7.97. The molecule has 2 aliphatic rings. The van der Waals surface area contributed by atoms with Crippen molar-refractivity contribution in [2.24, 2.45) is 5.92 Å². The zero-order valence-electron chi connectivity index (χ0n) is 16.6. The van der Waals surface area contributed by atoms with Gasteiger partial charge in [-0.15, -0.1) is 0 Å². The van der Waals surface area contributed by atoms with Crippen molar-refractivity contribution >= 4 is 11.9 Å². The molecule has 2 aromatic heterocycles. The van der Waals surface area contributed by atoms with Gasteiger partial charge >= 0.3 is 6.18 Å². The molecule has 0 saturated carbocycles. The molecule has 5 rings (SSSR count). The van der Waals surface area contributed by atoms with Gasteiger partial charge in [0.25, 0.3) is 5.91 Å². The predicted octanol–water partition coefficient (Wildman–Crippen LogP) is 2.57. The number of hydrogen-bond donors (Lipinski definition) is 0. The van der Waals surface area contributed by atoms with Crippen molar-refractivity contribution in [2.45, 2.75) is 18.6 Å². The molecule has 0 radical (unpaired) electrons. The molecule has 8 nitrogen and oxygen atoms in total. The molecule has 4 heterocycles. The molecule has 166 valence electrons. The largest absolute Gasteiger partial charge is 0.433 e. The smallest absolute Gasteiger partial charge is 0.339 e. The number of amides is 1. The Morgan fingerprint density at radius 1 is 1.06 bits per heavy atom. The van der Waals surface area contributed by atoms with Crippen molar-refractivity contribution in [1.82, 2.24) is 29.9 Å². The fourth-order valence-corrected chi connectivity index (χ4v) is 4.24. The van der Waals surface area contributed by atoms with E-state index >= 15 is 0 Å². The zero-order valence-corrected chi connectivity index (χ0v) is 16.6. The number of benzene rings is 1. The maximum atomic E-state index is 14.7. The van der Waals surface area contributed by atoms with Crippen LogP contribution in [0.2, 0.25) is 0 Å². The Morgan fingerprint density at radius 3 is 2.59 bits per heavy atom. The Labute approximate surface area is 179 Å². The fourth-order valence-electron chi connectivity index (χ4n) is 4.24. The summed E-state index contributed by atoms with van der Waals surface area (Å²) in [5.41, 5.74) is -0.944. The van der Waals surface area contributed by atoms with Gasteiger partial charge in [-0.2, -0.15) is 28.2 Å². The number of rotatable bonds is 3. The standard InChI is InChI=1S/C20H17F4N7O/c21-13-2-1-3-14(31-26-7-8-27-31)17(13)18(32)30-10-12-5-9-29(11-15(12)30)19-25-6-4-16(28-19)20(22,23)24/h1-4,6-8,12,15H,5,9-11H2/t12-,15-/m0/s1. The second-order valence-corrected chi connectivity index (χ2v) is 7.71. The first kappa shape index (κ1) is 20.3. The van der Waals surface area contributed by atoms with Gasteiger partial charge in [0.1, 0.15) is 22.8 Å². The molecule has 0 N–H and O–H groups in total. The normalized spacial score (nSPS) is 20.6. The van der Waals surface area contributed by atoms with Crippen molar-refractivity contribution in [1.29, 1.82) is 0 Å². The van der Waals surface area contributed by atoms with E-state index in [0.717, 1.165) is 12.3 Å². The Hall–Kier alpha value is -3.57. The van der Waals surface area contributed by atoms with Crippen molar-refractivity contribution in [3.05, 3.63) is 59.9 Å². The van der Waals surface area contributed by atoms with E-state index in [-0.39, 0.29) is 35.7 Å². The minimum atomic E-state index is -4.57.